The van der Waals surface area contributed by atoms with Gasteiger partial charge in [0.15, 0.2) is 0 Å². The van der Waals surface area contributed by atoms with Crippen LogP contribution in [0.4, 0.5) is 0 Å². The monoisotopic (exact) mass is 428 g/mol. The zero-order valence-electron chi connectivity index (χ0n) is 16.7. The highest BCUT2D eigenvalue weighted by molar-refractivity contribution is 7.89. The van der Waals surface area contributed by atoms with Gasteiger partial charge in [-0.1, -0.05) is 30.3 Å². The third-order valence-corrected chi connectivity index (χ3v) is 6.87. The molecule has 8 nitrogen and oxygen atoms in total. The summed E-state index contributed by atoms with van der Waals surface area (Å²) in [6, 6.07) is 12.3. The first-order valence-electron chi connectivity index (χ1n) is 9.84. The van der Waals surface area contributed by atoms with Crippen molar-refractivity contribution in [2.75, 3.05) is 39.4 Å². The van der Waals surface area contributed by atoms with Crippen LogP contribution in [0.25, 0.3) is 22.0 Å². The molecule has 1 aliphatic heterocycles. The number of morpholine rings is 1. The van der Waals surface area contributed by atoms with Crippen LogP contribution in [0.2, 0.25) is 0 Å². The van der Waals surface area contributed by atoms with Crippen LogP contribution in [-0.2, 0) is 14.8 Å². The lowest BCUT2D eigenvalue weighted by Gasteiger charge is -2.26. The van der Waals surface area contributed by atoms with Crippen molar-refractivity contribution in [2.45, 2.75) is 11.8 Å². The van der Waals surface area contributed by atoms with Gasteiger partial charge in [-0.15, -0.1) is 0 Å². The Morgan fingerprint density at radius 2 is 1.87 bits per heavy atom. The molecule has 1 fully saturated rings. The van der Waals surface area contributed by atoms with Gasteiger partial charge in [0.2, 0.25) is 10.0 Å². The Hall–Kier alpha value is -2.59. The Bertz CT molecular complexity index is 1220. The van der Waals surface area contributed by atoms with E-state index in [2.05, 4.69) is 19.8 Å². The summed E-state index contributed by atoms with van der Waals surface area (Å²) >= 11 is 0. The van der Waals surface area contributed by atoms with Crippen LogP contribution in [0.3, 0.4) is 0 Å². The molecule has 0 atom stereocenters. The number of nitrogens with one attached hydrogen (secondary N) is 2. The quantitative estimate of drug-likeness (QED) is 0.617. The van der Waals surface area contributed by atoms with Crippen molar-refractivity contribution in [1.82, 2.24) is 19.8 Å². The number of aromatic nitrogens is 2. The van der Waals surface area contributed by atoms with E-state index >= 15 is 0 Å². The highest BCUT2D eigenvalue weighted by atomic mass is 32.2. The molecule has 0 spiro atoms. The summed E-state index contributed by atoms with van der Waals surface area (Å²) in [5.41, 5.74) is 1.53. The van der Waals surface area contributed by atoms with E-state index in [1.54, 1.807) is 31.2 Å². The molecule has 30 heavy (non-hydrogen) atoms. The molecular formula is C21H24N4O4S. The smallest absolute Gasteiger partial charge is 0.272 e. The molecule has 2 heterocycles. The first kappa shape index (κ1) is 20.7. The number of aromatic amines is 1. The van der Waals surface area contributed by atoms with Crippen molar-refractivity contribution in [3.63, 3.8) is 0 Å². The number of aryl methyl sites for hydroxylation is 1. The van der Waals surface area contributed by atoms with Crippen molar-refractivity contribution in [1.29, 1.82) is 0 Å². The Morgan fingerprint density at radius 1 is 1.13 bits per heavy atom. The van der Waals surface area contributed by atoms with Gasteiger partial charge in [0.25, 0.3) is 5.56 Å². The third kappa shape index (κ3) is 4.29. The Kier molecular flexibility index (Phi) is 5.96. The molecule has 0 saturated carbocycles. The first-order chi connectivity index (χ1) is 14.5. The summed E-state index contributed by atoms with van der Waals surface area (Å²) in [6.45, 7) is 5.68. The maximum atomic E-state index is 13.0. The molecule has 3 aromatic rings. The van der Waals surface area contributed by atoms with Crippen LogP contribution in [-0.4, -0.2) is 62.9 Å². The Labute approximate surface area is 174 Å². The number of hydrogen-bond acceptors (Lipinski definition) is 6. The van der Waals surface area contributed by atoms with E-state index in [-0.39, 0.29) is 10.5 Å². The van der Waals surface area contributed by atoms with Crippen molar-refractivity contribution in [3.05, 3.63) is 58.4 Å². The van der Waals surface area contributed by atoms with Crippen LogP contribution in [0.15, 0.2) is 52.2 Å². The van der Waals surface area contributed by atoms with Gasteiger partial charge in [-0.05, 0) is 24.6 Å². The average Bonchev–Trinajstić information content (AvgIpc) is 2.75. The van der Waals surface area contributed by atoms with Crippen LogP contribution < -0.4 is 10.3 Å². The molecule has 1 saturated heterocycles. The number of benzene rings is 2. The lowest BCUT2D eigenvalue weighted by Crippen LogP contribution is -2.41. The summed E-state index contributed by atoms with van der Waals surface area (Å²) < 4.78 is 33.9. The topological polar surface area (TPSA) is 104 Å². The molecule has 0 unspecified atom stereocenters. The SMILES string of the molecule is Cc1ccc(-c2n[nH]c(=O)c3ccccc23)cc1S(=O)(=O)NCCN1CCOCC1. The second-order valence-electron chi connectivity index (χ2n) is 7.28. The average molecular weight is 429 g/mol. The fraction of sp³-hybridized carbons (Fsp3) is 0.333. The number of fused-ring (bicyclic) bond motifs is 1. The van der Waals surface area contributed by atoms with Crippen molar-refractivity contribution < 1.29 is 13.2 Å². The van der Waals surface area contributed by atoms with Gasteiger partial charge < -0.3 is 4.74 Å². The van der Waals surface area contributed by atoms with Crippen molar-refractivity contribution in [2.24, 2.45) is 0 Å². The summed E-state index contributed by atoms with van der Waals surface area (Å²) in [5.74, 6) is 0. The second kappa shape index (κ2) is 8.65. The fourth-order valence-corrected chi connectivity index (χ4v) is 4.90. The van der Waals surface area contributed by atoms with E-state index in [0.717, 1.165) is 13.1 Å². The van der Waals surface area contributed by atoms with Crippen LogP contribution in [0.5, 0.6) is 0 Å². The Morgan fingerprint density at radius 3 is 2.63 bits per heavy atom. The predicted molar refractivity (Wildman–Crippen MR) is 115 cm³/mol. The van der Waals surface area contributed by atoms with Gasteiger partial charge in [0.1, 0.15) is 0 Å². The molecule has 2 N–H and O–H groups in total. The summed E-state index contributed by atoms with van der Waals surface area (Å²) in [4.78, 5) is 14.4. The molecule has 1 aliphatic rings. The van der Waals surface area contributed by atoms with Crippen LogP contribution in [0, 0.1) is 6.92 Å². The van der Waals surface area contributed by atoms with Gasteiger partial charge in [-0.3, -0.25) is 9.69 Å². The van der Waals surface area contributed by atoms with E-state index < -0.39 is 10.0 Å². The molecule has 9 heteroatoms. The summed E-state index contributed by atoms with van der Waals surface area (Å²) in [6.07, 6.45) is 0. The number of H-pyrrole nitrogens is 1. The fourth-order valence-electron chi connectivity index (χ4n) is 3.61. The zero-order valence-corrected chi connectivity index (χ0v) is 17.5. The predicted octanol–water partition coefficient (Wildman–Crippen LogP) is 1.51. The van der Waals surface area contributed by atoms with Gasteiger partial charge in [-0.2, -0.15) is 5.10 Å². The summed E-state index contributed by atoms with van der Waals surface area (Å²) in [5, 5.41) is 7.87. The van der Waals surface area contributed by atoms with Gasteiger partial charge in [0.05, 0.1) is 29.2 Å². The van der Waals surface area contributed by atoms with Gasteiger partial charge in [0, 0.05) is 37.1 Å². The molecule has 2 aromatic carbocycles. The molecule has 158 valence electrons. The van der Waals surface area contributed by atoms with Crippen LogP contribution in [0.1, 0.15) is 5.56 Å². The number of sulfonamides is 1. The van der Waals surface area contributed by atoms with Crippen molar-refractivity contribution in [3.8, 4) is 11.3 Å². The number of rotatable bonds is 6. The largest absolute Gasteiger partial charge is 0.379 e. The number of ether oxygens (including phenoxy) is 1. The molecular weight excluding hydrogens is 404 g/mol. The lowest BCUT2D eigenvalue weighted by molar-refractivity contribution is 0.0390. The first-order valence-corrected chi connectivity index (χ1v) is 11.3. The third-order valence-electron chi connectivity index (χ3n) is 5.27. The van der Waals surface area contributed by atoms with E-state index in [0.29, 0.717) is 53.9 Å². The minimum Gasteiger partial charge on any atom is -0.379 e. The van der Waals surface area contributed by atoms with Crippen LogP contribution >= 0.6 is 0 Å². The highest BCUT2D eigenvalue weighted by Gasteiger charge is 2.19. The van der Waals surface area contributed by atoms with Crippen molar-refractivity contribution >= 4 is 20.8 Å². The van der Waals surface area contributed by atoms with Gasteiger partial charge >= 0.3 is 0 Å². The van der Waals surface area contributed by atoms with E-state index in [4.69, 9.17) is 4.74 Å². The molecule has 0 aliphatic carbocycles. The van der Waals surface area contributed by atoms with E-state index in [1.165, 1.54) is 0 Å². The van der Waals surface area contributed by atoms with E-state index in [9.17, 15) is 13.2 Å². The van der Waals surface area contributed by atoms with E-state index in [1.807, 2.05) is 18.2 Å². The molecule has 1 aromatic heterocycles. The lowest BCUT2D eigenvalue weighted by atomic mass is 10.0. The normalized spacial score (nSPS) is 15.5. The Balaban J connectivity index is 1.62. The standard InChI is InChI=1S/C21H24N4O4S/c1-15-6-7-16(20-17-4-2-3-5-18(17)21(26)24-23-20)14-19(15)30(27,28)22-8-9-25-10-12-29-13-11-25/h2-7,14,22H,8-13H2,1H3,(H,24,26). The molecule has 4 rings (SSSR count). The number of nitrogens with zero attached hydrogens (tertiary/aromatic N) is 2. The minimum atomic E-state index is -3.69. The molecule has 0 bridgehead atoms. The number of hydrogen-bond donors (Lipinski definition) is 2. The maximum absolute atomic E-state index is 13.0. The molecule has 0 radical (unpaired) electrons. The summed E-state index contributed by atoms with van der Waals surface area (Å²) in [7, 11) is -3.69. The minimum absolute atomic E-state index is 0.207. The van der Waals surface area contributed by atoms with Gasteiger partial charge in [-0.25, -0.2) is 18.2 Å². The highest BCUT2D eigenvalue weighted by Crippen LogP contribution is 2.27. The zero-order chi connectivity index (χ0) is 21.1. The maximum Gasteiger partial charge on any atom is 0.272 e. The second-order valence-corrected chi connectivity index (χ2v) is 9.01. The molecule has 0 amide bonds.